The fraction of sp³-hybridized carbons (Fsp3) is 0.750. The number of nitrogens with one attached hydrogen (secondary N) is 1. The van der Waals surface area contributed by atoms with Gasteiger partial charge in [-0.15, -0.1) is 0 Å². The zero-order valence-corrected chi connectivity index (χ0v) is 13.1. The first-order valence-electron chi connectivity index (χ1n) is 8.14. The molecule has 0 aromatic carbocycles. The fourth-order valence-electron chi connectivity index (χ4n) is 3.24. The van der Waals surface area contributed by atoms with Crippen LogP contribution in [-0.2, 0) is 11.3 Å². The van der Waals surface area contributed by atoms with Gasteiger partial charge in [0, 0.05) is 18.3 Å². The lowest BCUT2D eigenvalue weighted by molar-refractivity contribution is -0.133. The molecule has 2 aliphatic rings. The Bertz CT molecular complexity index is 500. The summed E-state index contributed by atoms with van der Waals surface area (Å²) >= 11 is 0. The summed E-state index contributed by atoms with van der Waals surface area (Å²) in [5, 5.41) is 7.81. The molecular weight excluding hydrogens is 264 g/mol. The second-order valence-corrected chi connectivity index (χ2v) is 6.56. The smallest absolute Gasteiger partial charge is 0.244 e. The largest absolute Gasteiger partial charge is 0.338 e. The molecule has 2 heterocycles. The van der Waals surface area contributed by atoms with Crippen molar-refractivity contribution in [2.45, 2.75) is 52.1 Å². The average Bonchev–Trinajstić information content (AvgIpc) is 3.24. The van der Waals surface area contributed by atoms with Gasteiger partial charge in [-0.25, -0.2) is 0 Å². The van der Waals surface area contributed by atoms with Crippen LogP contribution in [0.1, 0.15) is 37.1 Å². The number of aryl methyl sites for hydroxylation is 2. The average molecular weight is 290 g/mol. The van der Waals surface area contributed by atoms with Crippen molar-refractivity contribution in [2.24, 2.45) is 5.92 Å². The molecule has 0 radical (unpaired) electrons. The number of aromatic nitrogens is 2. The van der Waals surface area contributed by atoms with E-state index < -0.39 is 0 Å². The molecule has 2 fully saturated rings. The maximum atomic E-state index is 12.7. The van der Waals surface area contributed by atoms with Crippen LogP contribution < -0.4 is 5.32 Å². The number of hydrogen-bond acceptors (Lipinski definition) is 3. The molecule has 21 heavy (non-hydrogen) atoms. The molecule has 5 heteroatoms. The van der Waals surface area contributed by atoms with E-state index in [2.05, 4.69) is 15.3 Å². The van der Waals surface area contributed by atoms with E-state index in [-0.39, 0.29) is 5.91 Å². The summed E-state index contributed by atoms with van der Waals surface area (Å²) in [5.74, 6) is 0.901. The van der Waals surface area contributed by atoms with Gasteiger partial charge in [0.05, 0.1) is 5.69 Å². The molecular formula is C16H26N4O. The topological polar surface area (TPSA) is 50.2 Å². The highest BCUT2D eigenvalue weighted by Crippen LogP contribution is 2.29. The molecule has 116 valence electrons. The van der Waals surface area contributed by atoms with Crippen LogP contribution in [0.2, 0.25) is 0 Å². The molecule has 1 aliphatic carbocycles. The minimum Gasteiger partial charge on any atom is -0.338 e. The lowest BCUT2D eigenvalue weighted by Gasteiger charge is -2.30. The summed E-state index contributed by atoms with van der Waals surface area (Å²) in [7, 11) is 0. The quantitative estimate of drug-likeness (QED) is 0.894. The minimum atomic E-state index is 0.238. The number of carbonyl (C=O) groups is 1. The van der Waals surface area contributed by atoms with E-state index in [4.69, 9.17) is 0 Å². The lowest BCUT2D eigenvalue weighted by Crippen LogP contribution is -2.42. The van der Waals surface area contributed by atoms with Crippen LogP contribution >= 0.6 is 0 Å². The first kappa shape index (κ1) is 14.6. The molecule has 3 rings (SSSR count). The van der Waals surface area contributed by atoms with Gasteiger partial charge in [0.25, 0.3) is 0 Å². The van der Waals surface area contributed by atoms with E-state index in [1.165, 1.54) is 25.7 Å². The third kappa shape index (κ3) is 3.64. The zero-order valence-electron chi connectivity index (χ0n) is 13.1. The van der Waals surface area contributed by atoms with Gasteiger partial charge < -0.3 is 10.2 Å². The third-order valence-electron chi connectivity index (χ3n) is 4.61. The summed E-state index contributed by atoms with van der Waals surface area (Å²) in [6, 6.07) is 2.52. The zero-order chi connectivity index (χ0) is 14.8. The monoisotopic (exact) mass is 290 g/mol. The van der Waals surface area contributed by atoms with Crippen LogP contribution in [0.15, 0.2) is 6.07 Å². The number of carbonyl (C=O) groups excluding carboxylic acids is 1. The van der Waals surface area contributed by atoms with Crippen LogP contribution in [0.25, 0.3) is 0 Å². The van der Waals surface area contributed by atoms with Crippen molar-refractivity contribution in [3.05, 3.63) is 17.5 Å². The summed E-state index contributed by atoms with van der Waals surface area (Å²) < 4.78 is 1.84. The maximum absolute atomic E-state index is 12.7. The Balaban J connectivity index is 1.63. The Kier molecular flexibility index (Phi) is 4.29. The van der Waals surface area contributed by atoms with E-state index in [0.29, 0.717) is 18.5 Å². The Morgan fingerprint density at radius 3 is 2.62 bits per heavy atom. The van der Waals surface area contributed by atoms with Gasteiger partial charge in [-0.2, -0.15) is 5.10 Å². The molecule has 0 bridgehead atoms. The highest BCUT2D eigenvalue weighted by Gasteiger charge is 2.34. The molecule has 1 aromatic rings. The highest BCUT2D eigenvalue weighted by atomic mass is 16.2. The highest BCUT2D eigenvalue weighted by molar-refractivity contribution is 5.76. The predicted octanol–water partition coefficient (Wildman–Crippen LogP) is 1.49. The summed E-state index contributed by atoms with van der Waals surface area (Å²) in [5.41, 5.74) is 2.05. The van der Waals surface area contributed by atoms with Crippen molar-refractivity contribution < 1.29 is 4.79 Å². The number of nitrogens with zero attached hydrogens (tertiary/aromatic N) is 3. The normalized spacial score (nSPS) is 19.7. The summed E-state index contributed by atoms with van der Waals surface area (Å²) in [6.07, 6.45) is 4.73. The molecule has 1 saturated carbocycles. The van der Waals surface area contributed by atoms with E-state index in [0.717, 1.165) is 31.0 Å². The number of amides is 1. The first-order chi connectivity index (χ1) is 10.1. The van der Waals surface area contributed by atoms with Crippen LogP contribution in [0.5, 0.6) is 0 Å². The van der Waals surface area contributed by atoms with Gasteiger partial charge in [-0.3, -0.25) is 9.48 Å². The first-order valence-corrected chi connectivity index (χ1v) is 8.14. The Morgan fingerprint density at radius 1 is 1.33 bits per heavy atom. The standard InChI is InChI=1S/C16H26N4O/c1-12-9-13(2)20(18-12)11-16(21)19(15-3-4-15)10-14-5-7-17-8-6-14/h9,14-15,17H,3-8,10-11H2,1-2H3. The molecule has 1 aromatic heterocycles. The third-order valence-corrected chi connectivity index (χ3v) is 4.61. The summed E-state index contributed by atoms with van der Waals surface area (Å²) in [4.78, 5) is 14.8. The molecule has 1 N–H and O–H groups in total. The van der Waals surface area contributed by atoms with E-state index in [1.54, 1.807) is 0 Å². The van der Waals surface area contributed by atoms with E-state index >= 15 is 0 Å². The van der Waals surface area contributed by atoms with Gasteiger partial charge >= 0.3 is 0 Å². The van der Waals surface area contributed by atoms with Crippen molar-refractivity contribution in [1.29, 1.82) is 0 Å². The van der Waals surface area contributed by atoms with Gasteiger partial charge in [-0.1, -0.05) is 0 Å². The van der Waals surface area contributed by atoms with Gasteiger partial charge in [0.1, 0.15) is 6.54 Å². The molecule has 1 amide bonds. The van der Waals surface area contributed by atoms with Gasteiger partial charge in [-0.05, 0) is 64.6 Å². The van der Waals surface area contributed by atoms with Crippen molar-refractivity contribution in [1.82, 2.24) is 20.0 Å². The lowest BCUT2D eigenvalue weighted by atomic mass is 9.97. The van der Waals surface area contributed by atoms with Gasteiger partial charge in [0.15, 0.2) is 0 Å². The number of hydrogen-bond donors (Lipinski definition) is 1. The Hall–Kier alpha value is -1.36. The molecule has 0 atom stereocenters. The molecule has 5 nitrogen and oxygen atoms in total. The van der Waals surface area contributed by atoms with E-state index in [9.17, 15) is 4.79 Å². The van der Waals surface area contributed by atoms with Crippen LogP contribution in [0.4, 0.5) is 0 Å². The van der Waals surface area contributed by atoms with Crippen molar-refractivity contribution in [3.8, 4) is 0 Å². The maximum Gasteiger partial charge on any atom is 0.244 e. The molecule has 1 aliphatic heterocycles. The second-order valence-electron chi connectivity index (χ2n) is 6.56. The molecule has 1 saturated heterocycles. The number of rotatable bonds is 5. The SMILES string of the molecule is Cc1cc(C)n(CC(=O)N(CC2CCNCC2)C2CC2)n1. The predicted molar refractivity (Wildman–Crippen MR) is 82.0 cm³/mol. The minimum absolute atomic E-state index is 0.238. The molecule has 0 spiro atoms. The van der Waals surface area contributed by atoms with Crippen molar-refractivity contribution in [2.75, 3.05) is 19.6 Å². The second kappa shape index (κ2) is 6.18. The van der Waals surface area contributed by atoms with Crippen LogP contribution in [-0.4, -0.2) is 46.3 Å². The Morgan fingerprint density at radius 2 is 2.05 bits per heavy atom. The van der Waals surface area contributed by atoms with Crippen LogP contribution in [0.3, 0.4) is 0 Å². The van der Waals surface area contributed by atoms with Crippen LogP contribution in [0, 0.1) is 19.8 Å². The van der Waals surface area contributed by atoms with Crippen molar-refractivity contribution in [3.63, 3.8) is 0 Å². The Labute approximate surface area is 126 Å². The summed E-state index contributed by atoms with van der Waals surface area (Å²) in [6.45, 7) is 7.50. The van der Waals surface area contributed by atoms with E-state index in [1.807, 2.05) is 24.6 Å². The van der Waals surface area contributed by atoms with Crippen molar-refractivity contribution >= 4 is 5.91 Å². The van der Waals surface area contributed by atoms with Gasteiger partial charge in [0.2, 0.25) is 5.91 Å². The fourth-order valence-corrected chi connectivity index (χ4v) is 3.24. The molecule has 0 unspecified atom stereocenters. The number of piperidine rings is 1.